The Morgan fingerprint density at radius 3 is 2.86 bits per heavy atom. The summed E-state index contributed by atoms with van der Waals surface area (Å²) in [4.78, 5) is 5.44. The van der Waals surface area contributed by atoms with E-state index in [1.807, 2.05) is 29.3 Å². The third kappa shape index (κ3) is 3.00. The lowest BCUT2D eigenvalue weighted by atomic mass is 10.1. The fourth-order valence-electron chi connectivity index (χ4n) is 2.58. The number of rotatable bonds is 4. The molecule has 2 N–H and O–H groups in total. The van der Waals surface area contributed by atoms with Gasteiger partial charge in [-0.05, 0) is 18.1 Å². The minimum Gasteiger partial charge on any atom is -0.332 e. The number of fused-ring (bicyclic) bond motifs is 1. The van der Waals surface area contributed by atoms with Crippen molar-refractivity contribution in [1.82, 2.24) is 9.55 Å². The summed E-state index contributed by atoms with van der Waals surface area (Å²) in [6, 6.07) is 8.37. The summed E-state index contributed by atoms with van der Waals surface area (Å²) in [7, 11) is -3.74. The Morgan fingerprint density at radius 1 is 1.43 bits per heavy atom. The summed E-state index contributed by atoms with van der Waals surface area (Å²) in [5.41, 5.74) is 1.36. The molecule has 1 unspecified atom stereocenters. The maximum atomic E-state index is 11.4. The molecule has 112 valence electrons. The number of nitrogens with zero attached hydrogens (tertiary/aromatic N) is 2. The summed E-state index contributed by atoms with van der Waals surface area (Å²) < 4.78 is 24.8. The van der Waals surface area contributed by atoms with E-state index >= 15 is 0 Å². The molecular formula is C14H17N3O2S2. The molecule has 5 nitrogen and oxygen atoms in total. The lowest BCUT2D eigenvalue weighted by Gasteiger charge is -2.11. The second-order valence-corrected chi connectivity index (χ2v) is 7.95. The summed E-state index contributed by atoms with van der Waals surface area (Å²) >= 11 is 1.84. The van der Waals surface area contributed by atoms with Gasteiger partial charge in [0.05, 0.1) is 0 Å². The average molecular weight is 323 g/mol. The summed E-state index contributed by atoms with van der Waals surface area (Å²) in [5, 5.41) is 5.52. The van der Waals surface area contributed by atoms with Gasteiger partial charge in [-0.1, -0.05) is 25.1 Å². The molecule has 1 aliphatic rings. The minimum absolute atomic E-state index is 0.0418. The highest BCUT2D eigenvalue weighted by molar-refractivity contribution is 8.00. The fourth-order valence-corrected chi connectivity index (χ4v) is 4.40. The van der Waals surface area contributed by atoms with Crippen LogP contribution in [0.3, 0.4) is 0 Å². The first kappa shape index (κ1) is 14.6. The zero-order valence-corrected chi connectivity index (χ0v) is 13.3. The van der Waals surface area contributed by atoms with Crippen molar-refractivity contribution in [2.45, 2.75) is 41.5 Å². The van der Waals surface area contributed by atoms with Crippen LogP contribution in [0.25, 0.3) is 0 Å². The standard InChI is InChI=1S/C14H17N3O2S2/c1-2-13-16-14(21(15,18)19)9-17(13)8-11-7-10-5-3-4-6-12(10)20-11/h3-6,9,11H,2,7-8H2,1H3,(H2,15,18,19). The van der Waals surface area contributed by atoms with E-state index < -0.39 is 10.0 Å². The van der Waals surface area contributed by atoms with Crippen molar-refractivity contribution in [3.05, 3.63) is 41.9 Å². The van der Waals surface area contributed by atoms with Crippen molar-refractivity contribution in [2.24, 2.45) is 5.14 Å². The van der Waals surface area contributed by atoms with E-state index in [4.69, 9.17) is 5.14 Å². The maximum absolute atomic E-state index is 11.4. The number of hydrogen-bond acceptors (Lipinski definition) is 4. The highest BCUT2D eigenvalue weighted by Gasteiger charge is 2.24. The second kappa shape index (κ2) is 5.47. The van der Waals surface area contributed by atoms with Crippen molar-refractivity contribution < 1.29 is 8.42 Å². The van der Waals surface area contributed by atoms with Gasteiger partial charge in [0, 0.05) is 29.3 Å². The SMILES string of the molecule is CCc1nc(S(N)(=O)=O)cn1CC1Cc2ccccc2S1. The van der Waals surface area contributed by atoms with Crippen LogP contribution < -0.4 is 5.14 Å². The Hall–Kier alpha value is -1.31. The number of benzene rings is 1. The van der Waals surface area contributed by atoms with Gasteiger partial charge in [-0.25, -0.2) is 18.5 Å². The van der Waals surface area contributed by atoms with E-state index in [2.05, 4.69) is 23.2 Å². The quantitative estimate of drug-likeness (QED) is 0.931. The van der Waals surface area contributed by atoms with Gasteiger partial charge < -0.3 is 4.57 Å². The molecule has 3 rings (SSSR count). The number of hydrogen-bond donors (Lipinski definition) is 1. The smallest absolute Gasteiger partial charge is 0.257 e. The van der Waals surface area contributed by atoms with E-state index in [1.165, 1.54) is 10.5 Å². The number of aromatic nitrogens is 2. The Labute approximate surface area is 128 Å². The Kier molecular flexibility index (Phi) is 3.81. The largest absolute Gasteiger partial charge is 0.332 e. The molecule has 1 atom stereocenters. The number of sulfonamides is 1. The molecule has 2 heterocycles. The van der Waals surface area contributed by atoms with E-state index in [1.54, 1.807) is 6.20 Å². The first-order valence-electron chi connectivity index (χ1n) is 6.80. The number of thioether (sulfide) groups is 1. The lowest BCUT2D eigenvalue weighted by molar-refractivity contribution is 0.594. The maximum Gasteiger partial charge on any atom is 0.257 e. The van der Waals surface area contributed by atoms with Gasteiger partial charge in [-0.2, -0.15) is 0 Å². The molecule has 1 aromatic heterocycles. The van der Waals surface area contributed by atoms with E-state index in [0.717, 1.165) is 18.8 Å². The van der Waals surface area contributed by atoms with Gasteiger partial charge >= 0.3 is 0 Å². The van der Waals surface area contributed by atoms with Crippen LogP contribution in [-0.2, 0) is 29.4 Å². The van der Waals surface area contributed by atoms with Gasteiger partial charge in [0.2, 0.25) is 0 Å². The highest BCUT2D eigenvalue weighted by Crippen LogP contribution is 2.37. The van der Waals surface area contributed by atoms with E-state index in [9.17, 15) is 8.42 Å². The third-order valence-electron chi connectivity index (χ3n) is 3.56. The number of aryl methyl sites for hydroxylation is 1. The molecule has 0 amide bonds. The van der Waals surface area contributed by atoms with E-state index in [-0.39, 0.29) is 5.03 Å². The molecule has 0 saturated carbocycles. The molecular weight excluding hydrogens is 306 g/mol. The normalized spacial score (nSPS) is 17.9. The molecule has 0 saturated heterocycles. The first-order chi connectivity index (χ1) is 9.97. The van der Waals surface area contributed by atoms with Crippen LogP contribution in [0.15, 0.2) is 40.4 Å². The summed E-state index contributed by atoms with van der Waals surface area (Å²) in [6.07, 6.45) is 3.23. The Bertz CT molecular complexity index is 743. The highest BCUT2D eigenvalue weighted by atomic mass is 32.2. The molecule has 0 radical (unpaired) electrons. The molecule has 1 aliphatic heterocycles. The summed E-state index contributed by atoms with van der Waals surface area (Å²) in [6.45, 7) is 2.70. The molecule has 0 bridgehead atoms. The van der Waals surface area contributed by atoms with Crippen LogP contribution >= 0.6 is 11.8 Å². The van der Waals surface area contributed by atoms with Crippen LogP contribution in [0.4, 0.5) is 0 Å². The van der Waals surface area contributed by atoms with Crippen molar-refractivity contribution in [3.8, 4) is 0 Å². The molecule has 0 aliphatic carbocycles. The molecule has 7 heteroatoms. The van der Waals surface area contributed by atoms with Crippen molar-refractivity contribution in [1.29, 1.82) is 0 Å². The fraction of sp³-hybridized carbons (Fsp3) is 0.357. The average Bonchev–Trinajstić information content (AvgIpc) is 3.01. The van der Waals surface area contributed by atoms with Crippen LogP contribution in [0.5, 0.6) is 0 Å². The minimum atomic E-state index is -3.74. The lowest BCUT2D eigenvalue weighted by Crippen LogP contribution is -2.14. The van der Waals surface area contributed by atoms with Gasteiger partial charge in [-0.15, -0.1) is 11.8 Å². The van der Waals surface area contributed by atoms with Gasteiger partial charge in [0.1, 0.15) is 5.82 Å². The van der Waals surface area contributed by atoms with Crippen molar-refractivity contribution >= 4 is 21.8 Å². The molecule has 21 heavy (non-hydrogen) atoms. The van der Waals surface area contributed by atoms with Crippen LogP contribution in [-0.4, -0.2) is 23.2 Å². The zero-order valence-electron chi connectivity index (χ0n) is 11.7. The van der Waals surface area contributed by atoms with Gasteiger partial charge in [0.25, 0.3) is 10.0 Å². The topological polar surface area (TPSA) is 78.0 Å². The van der Waals surface area contributed by atoms with Crippen LogP contribution in [0, 0.1) is 0 Å². The van der Waals surface area contributed by atoms with Gasteiger partial charge in [-0.3, -0.25) is 0 Å². The van der Waals surface area contributed by atoms with Crippen molar-refractivity contribution in [3.63, 3.8) is 0 Å². The van der Waals surface area contributed by atoms with Crippen LogP contribution in [0.1, 0.15) is 18.3 Å². The number of imidazole rings is 1. The number of primary sulfonamides is 1. The first-order valence-corrected chi connectivity index (χ1v) is 9.23. The Morgan fingerprint density at radius 2 is 2.19 bits per heavy atom. The summed E-state index contributed by atoms with van der Waals surface area (Å²) in [5.74, 6) is 0.760. The number of nitrogens with two attached hydrogens (primary N) is 1. The molecule has 2 aromatic rings. The predicted molar refractivity (Wildman–Crippen MR) is 82.8 cm³/mol. The van der Waals surface area contributed by atoms with Crippen LogP contribution in [0.2, 0.25) is 0 Å². The molecule has 0 fully saturated rings. The Balaban J connectivity index is 1.82. The third-order valence-corrected chi connectivity index (χ3v) is 5.64. The van der Waals surface area contributed by atoms with E-state index in [0.29, 0.717) is 11.7 Å². The monoisotopic (exact) mass is 323 g/mol. The van der Waals surface area contributed by atoms with Gasteiger partial charge in [0.15, 0.2) is 5.03 Å². The van der Waals surface area contributed by atoms with Crippen molar-refractivity contribution in [2.75, 3.05) is 0 Å². The predicted octanol–water partition coefficient (Wildman–Crippen LogP) is 1.81. The molecule has 0 spiro atoms. The second-order valence-electron chi connectivity index (χ2n) is 5.10. The zero-order chi connectivity index (χ0) is 15.0. The molecule has 1 aromatic carbocycles.